The minimum atomic E-state index is -0.157. The van der Waals surface area contributed by atoms with Crippen molar-refractivity contribution < 1.29 is 9.53 Å². The smallest absolute Gasteiger partial charge is 0.251 e. The second kappa shape index (κ2) is 6.47. The van der Waals surface area contributed by atoms with Gasteiger partial charge in [0.15, 0.2) is 0 Å². The Labute approximate surface area is 106 Å². The predicted octanol–water partition coefficient (Wildman–Crippen LogP) is 2.08. The van der Waals surface area contributed by atoms with Crippen LogP contribution in [0.5, 0.6) is 0 Å². The van der Waals surface area contributed by atoms with Gasteiger partial charge in [-0.3, -0.25) is 4.79 Å². The second-order valence-corrected chi connectivity index (χ2v) is 4.30. The number of methoxy groups -OCH3 is 1. The molecule has 0 bridgehead atoms. The zero-order valence-corrected chi connectivity index (χ0v) is 10.8. The molecule has 1 amide bonds. The Balaban J connectivity index is 2.60. The van der Waals surface area contributed by atoms with Gasteiger partial charge in [-0.05, 0) is 31.5 Å². The fourth-order valence-electron chi connectivity index (χ4n) is 1.34. The molecule has 0 heterocycles. The van der Waals surface area contributed by atoms with Gasteiger partial charge in [0.05, 0.1) is 10.7 Å². The number of rotatable bonds is 5. The highest BCUT2D eigenvalue weighted by molar-refractivity contribution is 6.33. The molecule has 4 nitrogen and oxygen atoms in total. The second-order valence-electron chi connectivity index (χ2n) is 3.89. The van der Waals surface area contributed by atoms with E-state index in [0.29, 0.717) is 22.9 Å². The monoisotopic (exact) mass is 256 g/mol. The number of amides is 1. The number of anilines is 1. The van der Waals surface area contributed by atoms with Crippen molar-refractivity contribution in [3.8, 4) is 0 Å². The number of halogens is 1. The molecule has 1 unspecified atom stereocenters. The van der Waals surface area contributed by atoms with E-state index in [2.05, 4.69) is 5.32 Å². The third-order valence-electron chi connectivity index (χ3n) is 2.40. The molecular formula is C12H17ClN2O2. The minimum absolute atomic E-state index is 0.0544. The molecule has 0 saturated heterocycles. The van der Waals surface area contributed by atoms with Crippen LogP contribution in [0.1, 0.15) is 23.7 Å². The van der Waals surface area contributed by atoms with E-state index in [-0.39, 0.29) is 11.9 Å². The van der Waals surface area contributed by atoms with Crippen molar-refractivity contribution >= 4 is 23.2 Å². The molecule has 0 saturated carbocycles. The van der Waals surface area contributed by atoms with Gasteiger partial charge < -0.3 is 15.8 Å². The Hall–Kier alpha value is -1.26. The Morgan fingerprint density at radius 1 is 1.59 bits per heavy atom. The first-order chi connectivity index (χ1) is 8.04. The number of carbonyl (C=O) groups excluding carboxylic acids is 1. The van der Waals surface area contributed by atoms with E-state index in [1.807, 2.05) is 6.92 Å². The zero-order valence-electron chi connectivity index (χ0n) is 10.00. The van der Waals surface area contributed by atoms with E-state index >= 15 is 0 Å². The molecule has 0 aliphatic heterocycles. The van der Waals surface area contributed by atoms with Crippen LogP contribution in [0.15, 0.2) is 18.2 Å². The van der Waals surface area contributed by atoms with E-state index < -0.39 is 0 Å². The number of nitrogens with one attached hydrogen (secondary N) is 1. The molecule has 1 atom stereocenters. The molecule has 5 heteroatoms. The SMILES string of the molecule is COCCC(C)NC(=O)c1ccc(N)c(Cl)c1. The summed E-state index contributed by atoms with van der Waals surface area (Å²) in [6, 6.07) is 4.89. The molecule has 17 heavy (non-hydrogen) atoms. The van der Waals surface area contributed by atoms with E-state index in [1.54, 1.807) is 25.3 Å². The Bertz CT molecular complexity index is 396. The first-order valence-electron chi connectivity index (χ1n) is 5.39. The van der Waals surface area contributed by atoms with Crippen LogP contribution in [-0.4, -0.2) is 25.7 Å². The summed E-state index contributed by atoms with van der Waals surface area (Å²) in [6.07, 6.45) is 0.769. The zero-order chi connectivity index (χ0) is 12.8. The molecule has 0 aliphatic rings. The molecule has 3 N–H and O–H groups in total. The number of ether oxygens (including phenoxy) is 1. The minimum Gasteiger partial charge on any atom is -0.398 e. The van der Waals surface area contributed by atoms with E-state index in [9.17, 15) is 4.79 Å². The maximum Gasteiger partial charge on any atom is 0.251 e. The summed E-state index contributed by atoms with van der Waals surface area (Å²) in [5, 5.41) is 3.25. The van der Waals surface area contributed by atoms with Gasteiger partial charge in [-0.15, -0.1) is 0 Å². The summed E-state index contributed by atoms with van der Waals surface area (Å²) >= 11 is 5.85. The lowest BCUT2D eigenvalue weighted by molar-refractivity contribution is 0.0929. The van der Waals surface area contributed by atoms with Crippen LogP contribution in [0.3, 0.4) is 0 Å². The van der Waals surface area contributed by atoms with Crippen molar-refractivity contribution in [3.63, 3.8) is 0 Å². The van der Waals surface area contributed by atoms with Crippen LogP contribution >= 0.6 is 11.6 Å². The molecule has 0 aliphatic carbocycles. The van der Waals surface area contributed by atoms with E-state index in [1.165, 1.54) is 0 Å². The van der Waals surface area contributed by atoms with Gasteiger partial charge in [0.25, 0.3) is 5.91 Å². The van der Waals surface area contributed by atoms with Crippen LogP contribution in [0.2, 0.25) is 5.02 Å². The summed E-state index contributed by atoms with van der Waals surface area (Å²) in [5.74, 6) is -0.157. The van der Waals surface area contributed by atoms with Gasteiger partial charge in [-0.25, -0.2) is 0 Å². The van der Waals surface area contributed by atoms with Crippen LogP contribution in [0, 0.1) is 0 Å². The number of nitrogens with two attached hydrogens (primary N) is 1. The lowest BCUT2D eigenvalue weighted by Crippen LogP contribution is -2.33. The molecule has 1 rings (SSSR count). The molecule has 0 radical (unpaired) electrons. The predicted molar refractivity (Wildman–Crippen MR) is 69.3 cm³/mol. The van der Waals surface area contributed by atoms with Crippen molar-refractivity contribution in [1.29, 1.82) is 0 Å². The van der Waals surface area contributed by atoms with E-state index in [0.717, 1.165) is 6.42 Å². The summed E-state index contributed by atoms with van der Waals surface area (Å²) in [6.45, 7) is 2.54. The lowest BCUT2D eigenvalue weighted by atomic mass is 10.1. The van der Waals surface area contributed by atoms with Gasteiger partial charge in [0, 0.05) is 25.3 Å². The Morgan fingerprint density at radius 2 is 2.29 bits per heavy atom. The highest BCUT2D eigenvalue weighted by Gasteiger charge is 2.10. The van der Waals surface area contributed by atoms with Crippen LogP contribution in [0.4, 0.5) is 5.69 Å². The first-order valence-corrected chi connectivity index (χ1v) is 5.77. The van der Waals surface area contributed by atoms with Crippen LogP contribution in [-0.2, 0) is 4.74 Å². The Kier molecular flexibility index (Phi) is 5.25. The molecule has 0 aromatic heterocycles. The molecular weight excluding hydrogens is 240 g/mol. The number of carbonyl (C=O) groups is 1. The van der Waals surface area contributed by atoms with Crippen molar-refractivity contribution in [2.24, 2.45) is 0 Å². The quantitative estimate of drug-likeness (QED) is 0.793. The molecule has 0 spiro atoms. The summed E-state index contributed by atoms with van der Waals surface area (Å²) < 4.78 is 4.95. The summed E-state index contributed by atoms with van der Waals surface area (Å²) in [7, 11) is 1.63. The van der Waals surface area contributed by atoms with Gasteiger partial charge in [0.2, 0.25) is 0 Å². The maximum atomic E-state index is 11.8. The van der Waals surface area contributed by atoms with Crippen molar-refractivity contribution in [2.45, 2.75) is 19.4 Å². The topological polar surface area (TPSA) is 64.3 Å². The van der Waals surface area contributed by atoms with Crippen LogP contribution in [0.25, 0.3) is 0 Å². The third-order valence-corrected chi connectivity index (χ3v) is 2.72. The molecule has 1 aromatic carbocycles. The standard InChI is InChI=1S/C12H17ClN2O2/c1-8(5-6-17-2)15-12(16)9-3-4-11(14)10(13)7-9/h3-4,7-8H,5-6,14H2,1-2H3,(H,15,16). The van der Waals surface area contributed by atoms with Crippen molar-refractivity contribution in [2.75, 3.05) is 19.5 Å². The normalized spacial score (nSPS) is 12.2. The van der Waals surface area contributed by atoms with Crippen LogP contribution < -0.4 is 11.1 Å². The lowest BCUT2D eigenvalue weighted by Gasteiger charge is -2.13. The highest BCUT2D eigenvalue weighted by atomic mass is 35.5. The fourth-order valence-corrected chi connectivity index (χ4v) is 1.52. The van der Waals surface area contributed by atoms with Crippen molar-refractivity contribution in [3.05, 3.63) is 28.8 Å². The van der Waals surface area contributed by atoms with Crippen molar-refractivity contribution in [1.82, 2.24) is 5.32 Å². The van der Waals surface area contributed by atoms with Gasteiger partial charge in [-0.2, -0.15) is 0 Å². The maximum absolute atomic E-state index is 11.8. The molecule has 1 aromatic rings. The van der Waals surface area contributed by atoms with Gasteiger partial charge in [0.1, 0.15) is 0 Å². The summed E-state index contributed by atoms with van der Waals surface area (Å²) in [5.41, 5.74) is 6.55. The first kappa shape index (κ1) is 13.8. The average molecular weight is 257 g/mol. The number of nitrogen functional groups attached to an aromatic ring is 1. The Morgan fingerprint density at radius 3 is 2.88 bits per heavy atom. The number of hydrogen-bond acceptors (Lipinski definition) is 3. The number of benzene rings is 1. The summed E-state index contributed by atoms with van der Waals surface area (Å²) in [4.78, 5) is 11.8. The molecule has 94 valence electrons. The van der Waals surface area contributed by atoms with E-state index in [4.69, 9.17) is 22.1 Å². The van der Waals surface area contributed by atoms with Gasteiger partial charge >= 0.3 is 0 Å². The highest BCUT2D eigenvalue weighted by Crippen LogP contribution is 2.19. The number of hydrogen-bond donors (Lipinski definition) is 2. The largest absolute Gasteiger partial charge is 0.398 e. The molecule has 0 fully saturated rings. The third kappa shape index (κ3) is 4.24. The fraction of sp³-hybridized carbons (Fsp3) is 0.417. The van der Waals surface area contributed by atoms with Gasteiger partial charge in [-0.1, -0.05) is 11.6 Å². The average Bonchev–Trinajstić information content (AvgIpc) is 2.30.